The average molecular weight is 350 g/mol. The van der Waals surface area contributed by atoms with Crippen molar-refractivity contribution in [2.45, 2.75) is 48.0 Å². The highest BCUT2D eigenvalue weighted by Gasteiger charge is 2.35. The van der Waals surface area contributed by atoms with Gasteiger partial charge in [0.25, 0.3) is 0 Å². The van der Waals surface area contributed by atoms with Crippen molar-refractivity contribution in [3.8, 4) is 5.75 Å². The van der Waals surface area contributed by atoms with Gasteiger partial charge in [0.1, 0.15) is 19.0 Å². The molecule has 0 bridgehead atoms. The van der Waals surface area contributed by atoms with Crippen molar-refractivity contribution in [1.29, 1.82) is 0 Å². The Bertz CT molecular complexity index is 576. The average Bonchev–Trinajstić information content (AvgIpc) is 2.47. The van der Waals surface area contributed by atoms with Crippen molar-refractivity contribution < 1.29 is 24.2 Å². The number of carbonyl (C=O) groups is 2. The first-order chi connectivity index (χ1) is 11.4. The van der Waals surface area contributed by atoms with Crippen LogP contribution in [0.25, 0.3) is 0 Å². The summed E-state index contributed by atoms with van der Waals surface area (Å²) in [5.41, 5.74) is 0.0750. The lowest BCUT2D eigenvalue weighted by atomic mass is 9.72. The maximum atomic E-state index is 12.5. The molecule has 0 aliphatic heterocycles. The summed E-state index contributed by atoms with van der Waals surface area (Å²) in [6.45, 7) is 12.9. The van der Waals surface area contributed by atoms with Crippen molar-refractivity contribution in [2.75, 3.05) is 13.2 Å². The Morgan fingerprint density at radius 1 is 1.00 bits per heavy atom. The summed E-state index contributed by atoms with van der Waals surface area (Å²) in [7, 11) is 0. The molecule has 1 rings (SSSR count). The number of hydrogen-bond donors (Lipinski definition) is 1. The topological polar surface area (TPSA) is 72.8 Å². The van der Waals surface area contributed by atoms with Gasteiger partial charge in [0.2, 0.25) is 0 Å². The maximum Gasteiger partial charge on any atom is 0.335 e. The minimum Gasteiger partial charge on any atom is -0.490 e. The summed E-state index contributed by atoms with van der Waals surface area (Å²) < 4.78 is 10.9. The lowest BCUT2D eigenvalue weighted by Gasteiger charge is -2.33. The van der Waals surface area contributed by atoms with E-state index in [1.54, 1.807) is 12.1 Å². The molecule has 0 aromatic heterocycles. The number of benzene rings is 1. The van der Waals surface area contributed by atoms with Crippen molar-refractivity contribution in [1.82, 2.24) is 0 Å². The molecule has 0 fully saturated rings. The number of rotatable bonds is 7. The number of ether oxygens (including phenoxy) is 2. The van der Waals surface area contributed by atoms with Gasteiger partial charge in [0.15, 0.2) is 0 Å². The molecule has 25 heavy (non-hydrogen) atoms. The first-order valence-corrected chi connectivity index (χ1v) is 8.53. The Balaban J connectivity index is 2.50. The largest absolute Gasteiger partial charge is 0.490 e. The van der Waals surface area contributed by atoms with Crippen molar-refractivity contribution >= 4 is 11.9 Å². The Morgan fingerprint density at radius 2 is 1.56 bits per heavy atom. The molecule has 0 saturated heterocycles. The third-order valence-corrected chi connectivity index (χ3v) is 3.84. The van der Waals surface area contributed by atoms with Crippen LogP contribution in [0.5, 0.6) is 5.75 Å². The van der Waals surface area contributed by atoms with E-state index in [9.17, 15) is 9.59 Å². The summed E-state index contributed by atoms with van der Waals surface area (Å²) in [6, 6.07) is 6.12. The number of carboxylic acid groups (broad SMARTS) is 1. The van der Waals surface area contributed by atoms with E-state index in [-0.39, 0.29) is 41.5 Å². The molecule has 1 aromatic carbocycles. The SMILES string of the molecule is CC(C)(C)CC(C(=O)OCCOc1ccc(C(=O)O)cc1)C(C)(C)C. The summed E-state index contributed by atoms with van der Waals surface area (Å²) in [4.78, 5) is 23.2. The van der Waals surface area contributed by atoms with Gasteiger partial charge in [-0.25, -0.2) is 4.79 Å². The second-order valence-electron chi connectivity index (χ2n) is 8.53. The molecule has 1 atom stereocenters. The zero-order valence-corrected chi connectivity index (χ0v) is 16.1. The first-order valence-electron chi connectivity index (χ1n) is 8.53. The fraction of sp³-hybridized carbons (Fsp3) is 0.600. The van der Waals surface area contributed by atoms with Crippen LogP contribution >= 0.6 is 0 Å². The van der Waals surface area contributed by atoms with E-state index in [1.165, 1.54) is 12.1 Å². The van der Waals surface area contributed by atoms with Crippen LogP contribution < -0.4 is 4.74 Å². The summed E-state index contributed by atoms with van der Waals surface area (Å²) in [5, 5.41) is 8.85. The zero-order chi connectivity index (χ0) is 19.3. The van der Waals surface area contributed by atoms with Gasteiger partial charge in [0.05, 0.1) is 11.5 Å². The van der Waals surface area contributed by atoms with E-state index in [0.29, 0.717) is 5.75 Å². The highest BCUT2D eigenvalue weighted by Crippen LogP contribution is 2.36. The Labute approximate surface area is 150 Å². The summed E-state index contributed by atoms with van der Waals surface area (Å²) in [5.74, 6) is -0.815. The molecule has 0 saturated carbocycles. The molecule has 0 amide bonds. The summed E-state index contributed by atoms with van der Waals surface area (Å²) in [6.07, 6.45) is 0.757. The molecule has 0 aliphatic rings. The van der Waals surface area contributed by atoms with Gasteiger partial charge in [-0.2, -0.15) is 0 Å². The van der Waals surface area contributed by atoms with Gasteiger partial charge < -0.3 is 14.6 Å². The lowest BCUT2D eigenvalue weighted by molar-refractivity contribution is -0.154. The Kier molecular flexibility index (Phi) is 7.03. The maximum absolute atomic E-state index is 12.5. The molecule has 140 valence electrons. The molecule has 1 unspecified atom stereocenters. The molecule has 0 heterocycles. The van der Waals surface area contributed by atoms with E-state index in [1.807, 2.05) is 20.8 Å². The zero-order valence-electron chi connectivity index (χ0n) is 16.1. The fourth-order valence-electron chi connectivity index (χ4n) is 2.45. The van der Waals surface area contributed by atoms with Crippen molar-refractivity contribution in [3.63, 3.8) is 0 Å². The van der Waals surface area contributed by atoms with Gasteiger partial charge in [-0.05, 0) is 41.5 Å². The minimum atomic E-state index is -0.979. The molecule has 5 heteroatoms. The second-order valence-corrected chi connectivity index (χ2v) is 8.53. The normalized spacial score (nSPS) is 13.2. The number of hydrogen-bond acceptors (Lipinski definition) is 4. The van der Waals surface area contributed by atoms with Gasteiger partial charge >= 0.3 is 11.9 Å². The highest BCUT2D eigenvalue weighted by molar-refractivity contribution is 5.87. The molecule has 0 aliphatic carbocycles. The third-order valence-electron chi connectivity index (χ3n) is 3.84. The molecule has 0 radical (unpaired) electrons. The Hall–Kier alpha value is -2.04. The number of carboxylic acids is 1. The third kappa shape index (κ3) is 7.59. The number of esters is 1. The number of aromatic carboxylic acids is 1. The number of carbonyl (C=O) groups excluding carboxylic acids is 1. The standard InChI is InChI=1S/C20H30O5/c1-19(2,3)13-16(20(4,5)6)18(23)25-12-11-24-15-9-7-14(8-10-15)17(21)22/h7-10,16H,11-13H2,1-6H3,(H,21,22). The first kappa shape index (κ1) is 21.0. The van der Waals surface area contributed by atoms with Crippen LogP contribution in [0.2, 0.25) is 0 Å². The van der Waals surface area contributed by atoms with E-state index in [0.717, 1.165) is 6.42 Å². The monoisotopic (exact) mass is 350 g/mol. The van der Waals surface area contributed by atoms with Crippen LogP contribution in [-0.2, 0) is 9.53 Å². The lowest BCUT2D eigenvalue weighted by Crippen LogP contribution is -2.34. The van der Waals surface area contributed by atoms with Crippen LogP contribution in [0.3, 0.4) is 0 Å². The van der Waals surface area contributed by atoms with E-state index in [2.05, 4.69) is 20.8 Å². The van der Waals surface area contributed by atoms with Crippen LogP contribution in [0.4, 0.5) is 0 Å². The molecule has 1 aromatic rings. The second kappa shape index (κ2) is 8.37. The molecule has 5 nitrogen and oxygen atoms in total. The van der Waals surface area contributed by atoms with Crippen LogP contribution in [-0.4, -0.2) is 30.3 Å². The van der Waals surface area contributed by atoms with Gasteiger partial charge in [-0.1, -0.05) is 41.5 Å². The van der Waals surface area contributed by atoms with Crippen molar-refractivity contribution in [2.24, 2.45) is 16.7 Å². The molecule has 1 N–H and O–H groups in total. The van der Waals surface area contributed by atoms with Crippen LogP contribution in [0, 0.1) is 16.7 Å². The minimum absolute atomic E-state index is 0.0410. The van der Waals surface area contributed by atoms with Crippen molar-refractivity contribution in [3.05, 3.63) is 29.8 Å². The Morgan fingerprint density at radius 3 is 2.00 bits per heavy atom. The van der Waals surface area contributed by atoms with Gasteiger partial charge in [-0.15, -0.1) is 0 Å². The smallest absolute Gasteiger partial charge is 0.335 e. The van der Waals surface area contributed by atoms with Gasteiger partial charge in [0, 0.05) is 0 Å². The van der Waals surface area contributed by atoms with Crippen LogP contribution in [0.1, 0.15) is 58.3 Å². The quantitative estimate of drug-likeness (QED) is 0.582. The van der Waals surface area contributed by atoms with E-state index < -0.39 is 5.97 Å². The van der Waals surface area contributed by atoms with E-state index in [4.69, 9.17) is 14.6 Å². The summed E-state index contributed by atoms with van der Waals surface area (Å²) >= 11 is 0. The van der Waals surface area contributed by atoms with Gasteiger partial charge in [-0.3, -0.25) is 4.79 Å². The fourth-order valence-corrected chi connectivity index (χ4v) is 2.45. The predicted octanol–water partition coefficient (Wildman–Crippen LogP) is 4.41. The molecular formula is C20H30O5. The highest BCUT2D eigenvalue weighted by atomic mass is 16.6. The molecular weight excluding hydrogens is 320 g/mol. The predicted molar refractivity (Wildman–Crippen MR) is 96.9 cm³/mol. The van der Waals surface area contributed by atoms with E-state index >= 15 is 0 Å². The molecule has 0 spiro atoms. The van der Waals surface area contributed by atoms with Crippen LogP contribution in [0.15, 0.2) is 24.3 Å².